The largest absolute Gasteiger partial charge is 0.497 e. The Bertz CT molecular complexity index is 939. The van der Waals surface area contributed by atoms with Gasteiger partial charge in [0.05, 0.1) is 14.2 Å². The van der Waals surface area contributed by atoms with Crippen LogP contribution in [0.1, 0.15) is 11.3 Å². The number of nitrogens with one attached hydrogen (secondary N) is 1. The second-order valence-electron chi connectivity index (χ2n) is 5.02. The Hall–Kier alpha value is -2.98. The van der Waals surface area contributed by atoms with Crippen LogP contribution in [0.5, 0.6) is 11.5 Å². The van der Waals surface area contributed by atoms with E-state index in [1.807, 2.05) is 0 Å². The van der Waals surface area contributed by atoms with Crippen LogP contribution in [0.15, 0.2) is 24.3 Å². The second-order valence-corrected chi connectivity index (χ2v) is 5.40. The number of benzene rings is 1. The number of methoxy groups -OCH3 is 2. The molecule has 24 heavy (non-hydrogen) atoms. The number of anilines is 2. The van der Waals surface area contributed by atoms with Crippen LogP contribution in [0.4, 0.5) is 11.5 Å². The lowest BCUT2D eigenvalue weighted by molar-refractivity contribution is 0.395. The van der Waals surface area contributed by atoms with E-state index in [4.69, 9.17) is 21.1 Å². The lowest BCUT2D eigenvalue weighted by atomic mass is 10.2. The number of halogens is 1. The highest BCUT2D eigenvalue weighted by Gasteiger charge is 2.17. The van der Waals surface area contributed by atoms with E-state index in [1.54, 1.807) is 45.4 Å². The van der Waals surface area contributed by atoms with Crippen molar-refractivity contribution < 1.29 is 9.47 Å². The van der Waals surface area contributed by atoms with Crippen molar-refractivity contribution in [3.8, 4) is 17.6 Å². The summed E-state index contributed by atoms with van der Waals surface area (Å²) < 4.78 is 11.9. The highest BCUT2D eigenvalue weighted by molar-refractivity contribution is 6.29. The molecule has 3 aromatic rings. The molecule has 7 nitrogen and oxygen atoms in total. The Kier molecular flexibility index (Phi) is 4.15. The molecule has 0 aliphatic heterocycles. The second kappa shape index (κ2) is 6.26. The van der Waals surface area contributed by atoms with Crippen molar-refractivity contribution in [3.63, 3.8) is 0 Å². The first-order chi connectivity index (χ1) is 11.5. The van der Waals surface area contributed by atoms with Crippen molar-refractivity contribution >= 4 is 28.8 Å². The number of nitriles is 1. The summed E-state index contributed by atoms with van der Waals surface area (Å²) in [7, 11) is 3.13. The molecule has 0 amide bonds. The predicted octanol–water partition coefficient (Wildman–Crippen LogP) is 3.32. The Balaban J connectivity index is 2.11. The monoisotopic (exact) mass is 343 g/mol. The maximum absolute atomic E-state index is 9.49. The van der Waals surface area contributed by atoms with E-state index in [9.17, 15) is 5.26 Å². The third kappa shape index (κ3) is 2.79. The molecular formula is C16H14ClN5O2. The van der Waals surface area contributed by atoms with Crippen molar-refractivity contribution in [2.75, 3.05) is 19.5 Å². The van der Waals surface area contributed by atoms with Crippen molar-refractivity contribution in [1.29, 1.82) is 5.26 Å². The Morgan fingerprint density at radius 1 is 1.17 bits per heavy atom. The molecule has 0 atom stereocenters. The maximum atomic E-state index is 9.49. The summed E-state index contributed by atoms with van der Waals surface area (Å²) in [6, 6.07) is 9.10. The van der Waals surface area contributed by atoms with Gasteiger partial charge < -0.3 is 14.8 Å². The van der Waals surface area contributed by atoms with Crippen LogP contribution in [0.25, 0.3) is 5.65 Å². The van der Waals surface area contributed by atoms with E-state index in [2.05, 4.69) is 21.5 Å². The van der Waals surface area contributed by atoms with Gasteiger partial charge in [-0.25, -0.2) is 9.50 Å². The molecule has 122 valence electrons. The number of hydrogen-bond donors (Lipinski definition) is 1. The molecule has 8 heteroatoms. The molecule has 0 spiro atoms. The average Bonchev–Trinajstić information content (AvgIpc) is 2.91. The first-order valence-electron chi connectivity index (χ1n) is 7.01. The fourth-order valence-electron chi connectivity index (χ4n) is 2.30. The normalized spacial score (nSPS) is 10.5. The van der Waals surface area contributed by atoms with Crippen LogP contribution in [0.3, 0.4) is 0 Å². The third-order valence-electron chi connectivity index (χ3n) is 3.40. The zero-order chi connectivity index (χ0) is 17.3. The smallest absolute Gasteiger partial charge is 0.177 e. The zero-order valence-electron chi connectivity index (χ0n) is 13.3. The van der Waals surface area contributed by atoms with E-state index >= 15 is 0 Å². The summed E-state index contributed by atoms with van der Waals surface area (Å²) in [5, 5.41) is 17.3. The lowest BCUT2D eigenvalue weighted by Gasteiger charge is -2.09. The van der Waals surface area contributed by atoms with Gasteiger partial charge in [0.2, 0.25) is 0 Å². The van der Waals surface area contributed by atoms with Crippen molar-refractivity contribution in [2.24, 2.45) is 0 Å². The summed E-state index contributed by atoms with van der Waals surface area (Å²) in [5.74, 6) is 1.59. The average molecular weight is 344 g/mol. The van der Waals surface area contributed by atoms with Crippen LogP contribution in [0.2, 0.25) is 5.15 Å². The molecule has 0 aliphatic carbocycles. The number of ether oxygens (including phenoxy) is 2. The lowest BCUT2D eigenvalue weighted by Crippen LogP contribution is -1.96. The summed E-state index contributed by atoms with van der Waals surface area (Å²) in [5.41, 5.74) is 2.08. The van der Waals surface area contributed by atoms with E-state index < -0.39 is 0 Å². The SMILES string of the molecule is COc1cc(Nc2nn3c(Cl)cc(C)nc3c2C#N)cc(OC)c1. The molecule has 3 rings (SSSR count). The Morgan fingerprint density at radius 3 is 2.42 bits per heavy atom. The van der Waals surface area contributed by atoms with Gasteiger partial charge >= 0.3 is 0 Å². The Morgan fingerprint density at radius 2 is 1.83 bits per heavy atom. The van der Waals surface area contributed by atoms with Gasteiger partial charge in [-0.2, -0.15) is 5.26 Å². The molecular weight excluding hydrogens is 330 g/mol. The molecule has 1 aromatic carbocycles. The standard InChI is InChI=1S/C16H14ClN5O2/c1-9-4-14(17)22-16(19-9)13(8-18)15(21-22)20-10-5-11(23-2)7-12(6-10)24-3/h4-7H,1-3H3,(H,20,21). The number of rotatable bonds is 4. The van der Waals surface area contributed by atoms with Gasteiger partial charge in [-0.05, 0) is 13.0 Å². The summed E-state index contributed by atoms with van der Waals surface area (Å²) in [4.78, 5) is 4.34. The van der Waals surface area contributed by atoms with Gasteiger partial charge in [-0.15, -0.1) is 5.10 Å². The van der Waals surface area contributed by atoms with Crippen molar-refractivity contribution in [3.05, 3.63) is 40.7 Å². The topological polar surface area (TPSA) is 84.5 Å². The van der Waals surface area contributed by atoms with Crippen LogP contribution < -0.4 is 14.8 Å². The first kappa shape index (κ1) is 15.9. The minimum atomic E-state index is 0.308. The van der Waals surface area contributed by atoms with Crippen LogP contribution in [-0.2, 0) is 0 Å². The molecule has 0 saturated heterocycles. The molecule has 0 unspecified atom stereocenters. The van der Waals surface area contributed by atoms with Crippen LogP contribution in [0, 0.1) is 18.3 Å². The molecule has 2 aromatic heterocycles. The quantitative estimate of drug-likeness (QED) is 0.731. The minimum absolute atomic E-state index is 0.308. The van der Waals surface area contributed by atoms with Gasteiger partial charge in [-0.1, -0.05) is 11.6 Å². The van der Waals surface area contributed by atoms with E-state index in [1.165, 1.54) is 4.52 Å². The summed E-state index contributed by atoms with van der Waals surface area (Å²) in [6.07, 6.45) is 0. The predicted molar refractivity (Wildman–Crippen MR) is 90.3 cm³/mol. The molecule has 1 N–H and O–H groups in total. The summed E-state index contributed by atoms with van der Waals surface area (Å²) in [6.45, 7) is 1.81. The Labute approximate surface area is 143 Å². The minimum Gasteiger partial charge on any atom is -0.497 e. The van der Waals surface area contributed by atoms with Crippen LogP contribution >= 0.6 is 11.6 Å². The number of aryl methyl sites for hydroxylation is 1. The van der Waals surface area contributed by atoms with Crippen molar-refractivity contribution in [2.45, 2.75) is 6.92 Å². The maximum Gasteiger partial charge on any atom is 0.177 e. The van der Waals surface area contributed by atoms with E-state index in [-0.39, 0.29) is 0 Å². The molecule has 0 saturated carbocycles. The number of nitrogens with zero attached hydrogens (tertiary/aromatic N) is 4. The van der Waals surface area contributed by atoms with Gasteiger partial charge in [0.1, 0.15) is 28.3 Å². The molecule has 0 aliphatic rings. The van der Waals surface area contributed by atoms with E-state index in [0.717, 1.165) is 0 Å². The van der Waals surface area contributed by atoms with E-state index in [0.29, 0.717) is 45.1 Å². The molecule has 0 fully saturated rings. The first-order valence-corrected chi connectivity index (χ1v) is 7.39. The van der Waals surface area contributed by atoms with Crippen LogP contribution in [-0.4, -0.2) is 28.8 Å². The molecule has 0 radical (unpaired) electrons. The fraction of sp³-hybridized carbons (Fsp3) is 0.188. The number of fused-ring (bicyclic) bond motifs is 1. The molecule has 0 bridgehead atoms. The molecule has 2 heterocycles. The number of hydrogen-bond acceptors (Lipinski definition) is 6. The summed E-state index contributed by atoms with van der Waals surface area (Å²) >= 11 is 6.19. The third-order valence-corrected chi connectivity index (χ3v) is 3.67. The van der Waals surface area contributed by atoms with Gasteiger partial charge in [0.25, 0.3) is 0 Å². The van der Waals surface area contributed by atoms with Gasteiger partial charge in [0.15, 0.2) is 11.5 Å². The highest BCUT2D eigenvalue weighted by Crippen LogP contribution is 2.30. The zero-order valence-corrected chi connectivity index (χ0v) is 14.0. The fourth-order valence-corrected chi connectivity index (χ4v) is 2.58. The number of aromatic nitrogens is 3. The highest BCUT2D eigenvalue weighted by atomic mass is 35.5. The van der Waals surface area contributed by atoms with Gasteiger partial charge in [0, 0.05) is 29.6 Å². The van der Waals surface area contributed by atoms with Gasteiger partial charge in [-0.3, -0.25) is 0 Å². The van der Waals surface area contributed by atoms with Crippen molar-refractivity contribution in [1.82, 2.24) is 14.6 Å².